The summed E-state index contributed by atoms with van der Waals surface area (Å²) in [6.07, 6.45) is -1.59. The van der Waals surface area contributed by atoms with Gasteiger partial charge in [-0.2, -0.15) is 4.98 Å². The van der Waals surface area contributed by atoms with Gasteiger partial charge in [0, 0.05) is 18.2 Å². The van der Waals surface area contributed by atoms with Crippen molar-refractivity contribution in [3.63, 3.8) is 0 Å². The number of amides is 2. The number of nitrogens with zero attached hydrogens (tertiary/aromatic N) is 3. The highest BCUT2D eigenvalue weighted by atomic mass is 31.2. The van der Waals surface area contributed by atoms with E-state index in [-0.39, 0.29) is 25.4 Å². The maximum Gasteiger partial charge on any atom is 0.351 e. The lowest BCUT2D eigenvalue weighted by Crippen LogP contribution is -2.38. The molecule has 2 saturated heterocycles. The van der Waals surface area contributed by atoms with Gasteiger partial charge >= 0.3 is 5.69 Å². The molecule has 2 aliphatic heterocycles. The lowest BCUT2D eigenvalue weighted by atomic mass is 9.80. The van der Waals surface area contributed by atoms with Crippen LogP contribution in [-0.2, 0) is 28.9 Å². The van der Waals surface area contributed by atoms with Crippen molar-refractivity contribution >= 4 is 26.2 Å². The summed E-state index contributed by atoms with van der Waals surface area (Å²) in [6.45, 7) is -1.24. The molecule has 8 rings (SSSR count). The molecule has 13 nitrogen and oxygen atoms in total. The van der Waals surface area contributed by atoms with Crippen LogP contribution in [0.25, 0.3) is 0 Å². The van der Waals surface area contributed by atoms with Crippen molar-refractivity contribution in [1.82, 2.24) is 14.2 Å². The minimum absolute atomic E-state index is 0.0626. The number of anilines is 1. The number of ether oxygens (including phenoxy) is 4. The van der Waals surface area contributed by atoms with Crippen LogP contribution >= 0.6 is 8.53 Å². The maximum atomic E-state index is 14.1. The van der Waals surface area contributed by atoms with Crippen LogP contribution in [0.15, 0.2) is 157 Å². The molecule has 2 aliphatic rings. The van der Waals surface area contributed by atoms with E-state index in [0.717, 1.165) is 22.3 Å². The fraction of sp³-hybridized carbons (Fsp3) is 0.234. The molecule has 3 heterocycles. The largest absolute Gasteiger partial charge is 0.497 e. The zero-order valence-corrected chi connectivity index (χ0v) is 34.8. The Balaban J connectivity index is 1.15. The third-order valence-electron chi connectivity index (χ3n) is 10.8. The van der Waals surface area contributed by atoms with E-state index in [4.69, 9.17) is 28.0 Å². The highest BCUT2D eigenvalue weighted by Crippen LogP contribution is 2.56. The molecule has 15 heteroatoms. The number of aromatic nitrogens is 2. The van der Waals surface area contributed by atoms with E-state index in [1.54, 1.807) is 44.6 Å². The first-order valence-electron chi connectivity index (χ1n) is 19.9. The summed E-state index contributed by atoms with van der Waals surface area (Å²) in [5, 5.41) is 2.67. The number of rotatable bonds is 15. The summed E-state index contributed by atoms with van der Waals surface area (Å²) in [5.74, 6) is 0.186. The number of nitrogens with one attached hydrogen (secondary N) is 1. The Labute approximate surface area is 358 Å². The third-order valence-corrected chi connectivity index (χ3v) is 12.5. The fourth-order valence-corrected chi connectivity index (χ4v) is 9.26. The molecule has 0 bridgehead atoms. The first-order chi connectivity index (χ1) is 30.3. The van der Waals surface area contributed by atoms with Gasteiger partial charge < -0.3 is 33.3 Å². The zero-order valence-electron chi connectivity index (χ0n) is 33.9. The smallest absolute Gasteiger partial charge is 0.351 e. The van der Waals surface area contributed by atoms with Gasteiger partial charge in [0.2, 0.25) is 0 Å². The van der Waals surface area contributed by atoms with E-state index >= 15 is 0 Å². The Morgan fingerprint density at radius 2 is 1.39 bits per heavy atom. The van der Waals surface area contributed by atoms with Crippen molar-refractivity contribution in [2.24, 2.45) is 0 Å². The summed E-state index contributed by atoms with van der Waals surface area (Å²) >= 11 is 0. The topological polar surface area (TPSA) is 140 Å². The van der Waals surface area contributed by atoms with Gasteiger partial charge in [0.1, 0.15) is 41.4 Å². The van der Waals surface area contributed by atoms with Gasteiger partial charge in [-0.3, -0.25) is 18.8 Å². The van der Waals surface area contributed by atoms with Gasteiger partial charge in [0.05, 0.1) is 33.5 Å². The van der Waals surface area contributed by atoms with Crippen LogP contribution in [0, 0.1) is 0 Å². The molecule has 1 aromatic heterocycles. The molecule has 5 aromatic carbocycles. The SMILES string of the molecule is COc1ccc(C(OC[C@H]2O[C@@H](n3ccc(NC(=O)c4ccccc4)nc3=O)C[C@@H]2O[P@]2O[C@H](c3ccccc3)CN2C(=O)CF)(c2ccccc2)c2ccc(OC)cc2)cc1. The molecule has 0 radical (unpaired) electrons. The van der Waals surface area contributed by atoms with Crippen molar-refractivity contribution < 1.29 is 42.0 Å². The Bertz CT molecular complexity index is 2450. The summed E-state index contributed by atoms with van der Waals surface area (Å²) in [7, 11) is 1.06. The second-order valence-corrected chi connectivity index (χ2v) is 15.9. The number of methoxy groups -OCH3 is 2. The number of hydrogen-bond donors (Lipinski definition) is 1. The average Bonchev–Trinajstić information content (AvgIpc) is 3.94. The van der Waals surface area contributed by atoms with E-state index in [9.17, 15) is 18.8 Å². The van der Waals surface area contributed by atoms with Crippen molar-refractivity contribution in [1.29, 1.82) is 0 Å². The fourth-order valence-electron chi connectivity index (χ4n) is 7.61. The second kappa shape index (κ2) is 19.2. The Morgan fingerprint density at radius 3 is 1.97 bits per heavy atom. The highest BCUT2D eigenvalue weighted by molar-refractivity contribution is 7.45. The molecule has 2 amide bonds. The average molecular weight is 859 g/mol. The van der Waals surface area contributed by atoms with Gasteiger partial charge in [-0.05, 0) is 64.7 Å². The quantitative estimate of drug-likeness (QED) is 0.0799. The second-order valence-electron chi connectivity index (χ2n) is 14.5. The number of hydrogen-bond acceptors (Lipinski definition) is 10. The molecule has 6 aromatic rings. The molecular weight excluding hydrogens is 815 g/mol. The lowest BCUT2D eigenvalue weighted by molar-refractivity contribution is -0.127. The molecule has 0 saturated carbocycles. The van der Waals surface area contributed by atoms with Gasteiger partial charge in [-0.25, -0.2) is 9.18 Å². The number of carbonyl (C=O) groups excluding carboxylic acids is 2. The van der Waals surface area contributed by atoms with Crippen LogP contribution in [0.3, 0.4) is 0 Å². The first-order valence-corrected chi connectivity index (χ1v) is 21.1. The number of carbonyl (C=O) groups is 2. The normalized spacial score (nSPS) is 19.9. The van der Waals surface area contributed by atoms with Crippen LogP contribution in [0.5, 0.6) is 11.5 Å². The molecule has 318 valence electrons. The van der Waals surface area contributed by atoms with Crippen LogP contribution in [-0.4, -0.2) is 72.3 Å². The van der Waals surface area contributed by atoms with Crippen LogP contribution < -0.4 is 20.5 Å². The van der Waals surface area contributed by atoms with E-state index < -0.39 is 62.8 Å². The third kappa shape index (κ3) is 9.01. The van der Waals surface area contributed by atoms with Crippen molar-refractivity contribution in [3.8, 4) is 11.5 Å². The predicted molar refractivity (Wildman–Crippen MR) is 229 cm³/mol. The van der Waals surface area contributed by atoms with Gasteiger partial charge in [0.15, 0.2) is 6.67 Å². The van der Waals surface area contributed by atoms with Gasteiger partial charge in [-0.15, -0.1) is 0 Å². The molecular formula is C47H44FN4O9P. The lowest BCUT2D eigenvalue weighted by Gasteiger charge is -2.37. The zero-order chi connectivity index (χ0) is 43.1. The van der Waals surface area contributed by atoms with Gasteiger partial charge in [-0.1, -0.05) is 103 Å². The summed E-state index contributed by atoms with van der Waals surface area (Å²) in [4.78, 5) is 43.7. The number of benzene rings is 5. The Kier molecular flexibility index (Phi) is 13.1. The summed E-state index contributed by atoms with van der Waals surface area (Å²) in [6, 6.07) is 44.3. The number of alkyl halides is 1. The summed E-state index contributed by atoms with van der Waals surface area (Å²) < 4.78 is 54.7. The highest BCUT2D eigenvalue weighted by Gasteiger charge is 2.47. The van der Waals surface area contributed by atoms with E-state index in [1.165, 1.54) is 21.5 Å². The molecule has 0 spiro atoms. The minimum Gasteiger partial charge on any atom is -0.497 e. The Hall–Kier alpha value is -6.28. The molecule has 0 aliphatic carbocycles. The first kappa shape index (κ1) is 42.4. The van der Waals surface area contributed by atoms with Crippen LogP contribution in [0.2, 0.25) is 0 Å². The predicted octanol–water partition coefficient (Wildman–Crippen LogP) is 7.99. The summed E-state index contributed by atoms with van der Waals surface area (Å²) in [5.41, 5.74) is 1.67. The van der Waals surface area contributed by atoms with Gasteiger partial charge in [0.25, 0.3) is 20.3 Å². The molecule has 5 atom stereocenters. The standard InChI is InChI=1S/C47H44FN4O9P/c1-56-37-22-18-35(19-23-37)47(34-16-10-5-11-17-34,36-20-24-38(57-2)25-21-36)58-31-41-39(60-62-52(43(53)29-48)30-40(61-62)32-12-6-3-7-13-32)28-44(59-41)51-27-26-42(50-46(51)55)49-45(54)33-14-8-4-9-15-33/h3-27,39-41,44H,28-31H2,1-2H3,(H,49,50,54,55)/t39-,40-,41+,44+,62+/m0/s1. The molecule has 0 unspecified atom stereocenters. The Morgan fingerprint density at radius 1 is 0.806 bits per heavy atom. The van der Waals surface area contributed by atoms with E-state index in [0.29, 0.717) is 17.1 Å². The monoisotopic (exact) mass is 858 g/mol. The van der Waals surface area contributed by atoms with E-state index in [2.05, 4.69) is 10.3 Å². The molecule has 1 N–H and O–H groups in total. The van der Waals surface area contributed by atoms with E-state index in [1.807, 2.05) is 109 Å². The van der Waals surface area contributed by atoms with Crippen LogP contribution in [0.1, 0.15) is 51.4 Å². The van der Waals surface area contributed by atoms with Crippen molar-refractivity contribution in [3.05, 3.63) is 190 Å². The van der Waals surface area contributed by atoms with Crippen molar-refractivity contribution in [2.75, 3.05) is 39.4 Å². The maximum absolute atomic E-state index is 14.1. The van der Waals surface area contributed by atoms with Crippen LogP contribution in [0.4, 0.5) is 10.2 Å². The minimum atomic E-state index is -2.14. The van der Waals surface area contributed by atoms with Crippen molar-refractivity contribution in [2.45, 2.75) is 36.6 Å². The molecule has 62 heavy (non-hydrogen) atoms. The molecule has 2 fully saturated rings. The number of halogens is 1.